The molecule has 0 fully saturated rings. The normalized spacial score (nSPS) is 15.8. The van der Waals surface area contributed by atoms with Crippen LogP contribution in [0.2, 0.25) is 0 Å². The van der Waals surface area contributed by atoms with Crippen molar-refractivity contribution in [1.29, 1.82) is 0 Å². The van der Waals surface area contributed by atoms with Crippen LogP contribution in [0.5, 0.6) is 11.5 Å². The summed E-state index contributed by atoms with van der Waals surface area (Å²) in [6.07, 6.45) is 0.0517. The summed E-state index contributed by atoms with van der Waals surface area (Å²) >= 11 is 0. The SMILES string of the molecule is CC(C)C(C)(CC(=O)O)NC(=O)Cc1ccc2c(c1)OCCO2. The molecule has 1 heterocycles. The van der Waals surface area contributed by atoms with Gasteiger partial charge in [0.2, 0.25) is 5.91 Å². The molecule has 6 nitrogen and oxygen atoms in total. The van der Waals surface area contributed by atoms with Crippen molar-refractivity contribution in [2.75, 3.05) is 13.2 Å². The van der Waals surface area contributed by atoms with Crippen molar-refractivity contribution in [3.05, 3.63) is 23.8 Å². The van der Waals surface area contributed by atoms with Gasteiger partial charge >= 0.3 is 5.97 Å². The maximum absolute atomic E-state index is 12.3. The Morgan fingerprint density at radius 1 is 1.26 bits per heavy atom. The zero-order valence-corrected chi connectivity index (χ0v) is 13.7. The Bertz CT molecular complexity index is 599. The van der Waals surface area contributed by atoms with E-state index in [-0.39, 0.29) is 24.7 Å². The molecule has 6 heteroatoms. The highest BCUT2D eigenvalue weighted by Crippen LogP contribution is 2.31. The molecule has 0 saturated carbocycles. The second-order valence-electron chi connectivity index (χ2n) is 6.35. The summed E-state index contributed by atoms with van der Waals surface area (Å²) in [6, 6.07) is 5.39. The number of amides is 1. The Kier molecular flexibility index (Phi) is 5.13. The maximum atomic E-state index is 12.3. The maximum Gasteiger partial charge on any atom is 0.305 e. The highest BCUT2D eigenvalue weighted by atomic mass is 16.6. The van der Waals surface area contributed by atoms with Crippen molar-refractivity contribution in [2.45, 2.75) is 39.2 Å². The molecule has 2 N–H and O–H groups in total. The Morgan fingerprint density at radius 3 is 2.52 bits per heavy atom. The molecule has 1 amide bonds. The number of carboxylic acids is 1. The molecule has 1 atom stereocenters. The number of hydrogen-bond donors (Lipinski definition) is 2. The molecule has 0 aliphatic carbocycles. The standard InChI is InChI=1S/C17H23NO5/c1-11(2)17(3,10-16(20)21)18-15(19)9-12-4-5-13-14(8-12)23-7-6-22-13/h4-5,8,11H,6-7,9-10H2,1-3H3,(H,18,19)(H,20,21). The molecule has 2 rings (SSSR count). The predicted molar refractivity (Wildman–Crippen MR) is 84.8 cm³/mol. The molecular weight excluding hydrogens is 298 g/mol. The fourth-order valence-corrected chi connectivity index (χ4v) is 2.45. The number of nitrogens with one attached hydrogen (secondary N) is 1. The van der Waals surface area contributed by atoms with Gasteiger partial charge in [-0.15, -0.1) is 0 Å². The Hall–Kier alpha value is -2.24. The van der Waals surface area contributed by atoms with E-state index in [4.69, 9.17) is 14.6 Å². The minimum absolute atomic E-state index is 0.00261. The minimum Gasteiger partial charge on any atom is -0.486 e. The number of fused-ring (bicyclic) bond motifs is 1. The molecule has 1 aliphatic heterocycles. The van der Waals surface area contributed by atoms with E-state index in [0.29, 0.717) is 24.7 Å². The summed E-state index contributed by atoms with van der Waals surface area (Å²) in [5.74, 6) is 0.180. The van der Waals surface area contributed by atoms with Gasteiger partial charge in [0.1, 0.15) is 13.2 Å². The molecule has 1 aliphatic rings. The highest BCUT2D eigenvalue weighted by Gasteiger charge is 2.32. The van der Waals surface area contributed by atoms with Crippen LogP contribution in [0.25, 0.3) is 0 Å². The van der Waals surface area contributed by atoms with E-state index in [2.05, 4.69) is 5.32 Å². The average Bonchev–Trinajstić information content (AvgIpc) is 2.45. The molecule has 23 heavy (non-hydrogen) atoms. The van der Waals surface area contributed by atoms with Gasteiger partial charge in [-0.3, -0.25) is 9.59 Å². The molecule has 1 unspecified atom stereocenters. The number of aliphatic carboxylic acids is 1. The summed E-state index contributed by atoms with van der Waals surface area (Å²) in [7, 11) is 0. The molecule has 0 aromatic heterocycles. The first-order valence-corrected chi connectivity index (χ1v) is 7.71. The van der Waals surface area contributed by atoms with Crippen molar-refractivity contribution in [1.82, 2.24) is 5.32 Å². The predicted octanol–water partition coefficient (Wildman–Crippen LogP) is 2.01. The lowest BCUT2D eigenvalue weighted by Gasteiger charge is -2.33. The number of carbonyl (C=O) groups is 2. The van der Waals surface area contributed by atoms with Crippen LogP contribution in [-0.4, -0.2) is 35.7 Å². The van der Waals surface area contributed by atoms with Crippen LogP contribution in [0.1, 0.15) is 32.8 Å². The second-order valence-corrected chi connectivity index (χ2v) is 6.35. The number of carbonyl (C=O) groups excluding carboxylic acids is 1. The van der Waals surface area contributed by atoms with Crippen LogP contribution >= 0.6 is 0 Å². The van der Waals surface area contributed by atoms with E-state index >= 15 is 0 Å². The Balaban J connectivity index is 2.04. The van der Waals surface area contributed by atoms with Crippen molar-refractivity contribution in [2.24, 2.45) is 5.92 Å². The van der Waals surface area contributed by atoms with E-state index in [1.165, 1.54) is 0 Å². The third-order valence-electron chi connectivity index (χ3n) is 4.19. The first-order chi connectivity index (χ1) is 10.8. The molecule has 1 aromatic rings. The van der Waals surface area contributed by atoms with Gasteiger partial charge in [0.15, 0.2) is 11.5 Å². The summed E-state index contributed by atoms with van der Waals surface area (Å²) in [6.45, 7) is 6.57. The molecule has 126 valence electrons. The van der Waals surface area contributed by atoms with Crippen LogP contribution in [0, 0.1) is 5.92 Å². The van der Waals surface area contributed by atoms with Crippen LogP contribution in [0.15, 0.2) is 18.2 Å². The summed E-state index contributed by atoms with van der Waals surface area (Å²) < 4.78 is 11.0. The molecule has 1 aromatic carbocycles. The number of ether oxygens (including phenoxy) is 2. The number of hydrogen-bond acceptors (Lipinski definition) is 4. The van der Waals surface area contributed by atoms with Crippen molar-refractivity contribution in [3.8, 4) is 11.5 Å². The van der Waals surface area contributed by atoms with Gasteiger partial charge in [-0.1, -0.05) is 19.9 Å². The zero-order chi connectivity index (χ0) is 17.0. The molecular formula is C17H23NO5. The van der Waals surface area contributed by atoms with Crippen molar-refractivity contribution < 1.29 is 24.2 Å². The highest BCUT2D eigenvalue weighted by molar-refractivity contribution is 5.80. The van der Waals surface area contributed by atoms with Gasteiger partial charge in [0.05, 0.1) is 12.8 Å². The van der Waals surface area contributed by atoms with Crippen LogP contribution < -0.4 is 14.8 Å². The first-order valence-electron chi connectivity index (χ1n) is 7.71. The van der Waals surface area contributed by atoms with Gasteiger partial charge in [0.25, 0.3) is 0 Å². The fourth-order valence-electron chi connectivity index (χ4n) is 2.45. The number of carboxylic acid groups (broad SMARTS) is 1. The minimum atomic E-state index is -0.930. The third kappa shape index (κ3) is 4.37. The van der Waals surface area contributed by atoms with Crippen molar-refractivity contribution >= 4 is 11.9 Å². The molecule has 0 radical (unpaired) electrons. The van der Waals surface area contributed by atoms with Gasteiger partial charge < -0.3 is 19.9 Å². The Morgan fingerprint density at radius 2 is 1.91 bits per heavy atom. The lowest BCUT2D eigenvalue weighted by atomic mass is 9.85. The van der Waals surface area contributed by atoms with Crippen LogP contribution in [-0.2, 0) is 16.0 Å². The summed E-state index contributed by atoms with van der Waals surface area (Å²) in [5.41, 5.74) is 0.0182. The van der Waals surface area contributed by atoms with E-state index in [0.717, 1.165) is 5.56 Å². The van der Waals surface area contributed by atoms with Gasteiger partial charge in [-0.25, -0.2) is 0 Å². The van der Waals surface area contributed by atoms with Crippen LogP contribution in [0.3, 0.4) is 0 Å². The van der Waals surface area contributed by atoms with E-state index < -0.39 is 11.5 Å². The monoisotopic (exact) mass is 321 g/mol. The average molecular weight is 321 g/mol. The Labute approximate surface area is 135 Å². The first kappa shape index (κ1) is 17.1. The van der Waals surface area contributed by atoms with Gasteiger partial charge in [0, 0.05) is 5.54 Å². The van der Waals surface area contributed by atoms with Crippen LogP contribution in [0.4, 0.5) is 0 Å². The van der Waals surface area contributed by atoms with Crippen molar-refractivity contribution in [3.63, 3.8) is 0 Å². The molecule has 0 spiro atoms. The molecule has 0 bridgehead atoms. The van der Waals surface area contributed by atoms with E-state index in [1.54, 1.807) is 19.1 Å². The topological polar surface area (TPSA) is 84.9 Å². The summed E-state index contributed by atoms with van der Waals surface area (Å²) in [4.78, 5) is 23.3. The zero-order valence-electron chi connectivity index (χ0n) is 13.7. The van der Waals surface area contributed by atoms with Gasteiger partial charge in [-0.2, -0.15) is 0 Å². The lowest BCUT2D eigenvalue weighted by molar-refractivity contribution is -0.139. The van der Waals surface area contributed by atoms with E-state index in [9.17, 15) is 9.59 Å². The number of rotatable bonds is 6. The smallest absolute Gasteiger partial charge is 0.305 e. The van der Waals surface area contributed by atoms with E-state index in [1.807, 2.05) is 19.9 Å². The second kappa shape index (κ2) is 6.89. The van der Waals surface area contributed by atoms with Gasteiger partial charge in [-0.05, 0) is 30.5 Å². The third-order valence-corrected chi connectivity index (χ3v) is 4.19. The summed E-state index contributed by atoms with van der Waals surface area (Å²) in [5, 5.41) is 11.9. The quantitative estimate of drug-likeness (QED) is 0.837. The fraction of sp³-hybridized carbons (Fsp3) is 0.529. The largest absolute Gasteiger partial charge is 0.486 e. The molecule has 0 saturated heterocycles. The lowest BCUT2D eigenvalue weighted by Crippen LogP contribution is -2.51. The number of benzene rings is 1.